The molecular weight excluding hydrogens is 458 g/mol. The molecule has 0 aliphatic rings. The lowest BCUT2D eigenvalue weighted by Crippen LogP contribution is -2.38. The summed E-state index contributed by atoms with van der Waals surface area (Å²) in [6, 6.07) is 17.1. The largest absolute Gasteiger partial charge is 0.492 e. The molecule has 0 bridgehead atoms. The molecule has 0 saturated carbocycles. The second-order valence-corrected chi connectivity index (χ2v) is 9.34. The van der Waals surface area contributed by atoms with Gasteiger partial charge in [0.15, 0.2) is 0 Å². The molecule has 0 heterocycles. The van der Waals surface area contributed by atoms with Gasteiger partial charge in [0, 0.05) is 6.07 Å². The quantitative estimate of drug-likeness (QED) is 0.355. The molecule has 0 aliphatic carbocycles. The average Bonchev–Trinajstić information content (AvgIpc) is 2.79. The van der Waals surface area contributed by atoms with Gasteiger partial charge in [0.2, 0.25) is 5.91 Å². The predicted octanol–water partition coefficient (Wildman–Crippen LogP) is 4.44. The van der Waals surface area contributed by atoms with Crippen LogP contribution in [-0.2, 0) is 14.8 Å². The van der Waals surface area contributed by atoms with Crippen LogP contribution in [0.2, 0.25) is 0 Å². The summed E-state index contributed by atoms with van der Waals surface area (Å²) in [5, 5.41) is 13.8. The summed E-state index contributed by atoms with van der Waals surface area (Å²) in [5.74, 6) is -0.356. The van der Waals surface area contributed by atoms with Crippen LogP contribution < -0.4 is 14.4 Å². The lowest BCUT2D eigenvalue weighted by molar-refractivity contribution is -0.385. The minimum absolute atomic E-state index is 0.0173. The number of nitrogens with one attached hydrogen (secondary N) is 1. The van der Waals surface area contributed by atoms with E-state index in [9.17, 15) is 23.3 Å². The van der Waals surface area contributed by atoms with Gasteiger partial charge in [-0.1, -0.05) is 35.9 Å². The highest BCUT2D eigenvalue weighted by atomic mass is 32.2. The second-order valence-electron chi connectivity index (χ2n) is 7.48. The maximum Gasteiger partial charge on any atom is 0.274 e. The Morgan fingerprint density at radius 3 is 2.35 bits per heavy atom. The zero-order valence-corrected chi connectivity index (χ0v) is 19.8. The summed E-state index contributed by atoms with van der Waals surface area (Å²) in [5.41, 5.74) is 1.44. The van der Waals surface area contributed by atoms with Gasteiger partial charge in [0.1, 0.15) is 12.3 Å². The predicted molar refractivity (Wildman–Crippen MR) is 130 cm³/mol. The fourth-order valence-corrected chi connectivity index (χ4v) is 4.79. The van der Waals surface area contributed by atoms with E-state index in [-0.39, 0.29) is 27.5 Å². The topological polar surface area (TPSA) is 119 Å². The number of benzene rings is 3. The average molecular weight is 484 g/mol. The van der Waals surface area contributed by atoms with E-state index in [2.05, 4.69) is 5.32 Å². The molecule has 3 rings (SSSR count). The first-order valence-corrected chi connectivity index (χ1v) is 11.9. The lowest BCUT2D eigenvalue weighted by Gasteiger charge is -2.26. The Bertz CT molecular complexity index is 1310. The number of nitro benzene ring substituents is 1. The van der Waals surface area contributed by atoms with Gasteiger partial charge in [-0.05, 0) is 51.1 Å². The number of para-hydroxylation sites is 2. The van der Waals surface area contributed by atoms with E-state index in [0.717, 1.165) is 9.87 Å². The summed E-state index contributed by atoms with van der Waals surface area (Å²) >= 11 is 0. The molecule has 0 unspecified atom stereocenters. The van der Waals surface area contributed by atoms with Crippen molar-refractivity contribution in [1.82, 2.24) is 0 Å². The number of ether oxygens (including phenoxy) is 1. The van der Waals surface area contributed by atoms with Crippen molar-refractivity contribution >= 4 is 33.0 Å². The Kier molecular flexibility index (Phi) is 7.52. The maximum atomic E-state index is 13.6. The van der Waals surface area contributed by atoms with E-state index in [1.165, 1.54) is 37.3 Å². The number of anilines is 2. The Labute approximate surface area is 198 Å². The first kappa shape index (κ1) is 24.7. The first-order chi connectivity index (χ1) is 16.1. The summed E-state index contributed by atoms with van der Waals surface area (Å²) in [6.07, 6.45) is 0. The standard InChI is InChI=1S/C24H25N3O6S/c1-4-33-23-11-6-5-9-22(23)26(34(31,32)19-14-12-17(2)13-15-19)16-24(28)25-20-8-7-10-21(18(20)3)27(29)30/h5-15H,4,16H2,1-3H3,(H,25,28). The number of amides is 1. The van der Waals surface area contributed by atoms with Gasteiger partial charge >= 0.3 is 0 Å². The number of sulfonamides is 1. The number of nitrogens with zero attached hydrogens (tertiary/aromatic N) is 2. The van der Waals surface area contributed by atoms with Crippen LogP contribution in [0.15, 0.2) is 71.6 Å². The lowest BCUT2D eigenvalue weighted by atomic mass is 10.1. The Morgan fingerprint density at radius 1 is 1.03 bits per heavy atom. The molecule has 10 heteroatoms. The third-order valence-corrected chi connectivity index (χ3v) is 6.88. The molecule has 9 nitrogen and oxygen atoms in total. The van der Waals surface area contributed by atoms with Crippen LogP contribution in [0.5, 0.6) is 5.75 Å². The van der Waals surface area contributed by atoms with Gasteiger partial charge < -0.3 is 10.1 Å². The van der Waals surface area contributed by atoms with Crippen molar-refractivity contribution in [2.24, 2.45) is 0 Å². The minimum Gasteiger partial charge on any atom is -0.492 e. The molecule has 0 fully saturated rings. The monoisotopic (exact) mass is 483 g/mol. The van der Waals surface area contributed by atoms with Crippen LogP contribution in [0, 0.1) is 24.0 Å². The number of carbonyl (C=O) groups excluding carboxylic acids is 1. The van der Waals surface area contributed by atoms with Gasteiger partial charge in [-0.25, -0.2) is 8.42 Å². The van der Waals surface area contributed by atoms with E-state index in [4.69, 9.17) is 4.74 Å². The smallest absolute Gasteiger partial charge is 0.274 e. The highest BCUT2D eigenvalue weighted by Gasteiger charge is 2.29. The molecule has 0 atom stereocenters. The van der Waals surface area contributed by atoms with Gasteiger partial charge in [-0.2, -0.15) is 0 Å². The molecule has 3 aromatic carbocycles. The Balaban J connectivity index is 2.02. The molecule has 0 radical (unpaired) electrons. The third kappa shape index (κ3) is 5.34. The molecule has 1 N–H and O–H groups in total. The number of nitro groups is 1. The molecule has 0 aliphatic heterocycles. The van der Waals surface area contributed by atoms with Crippen LogP contribution >= 0.6 is 0 Å². The van der Waals surface area contributed by atoms with Crippen molar-refractivity contribution < 1.29 is 22.9 Å². The molecule has 1 amide bonds. The third-order valence-electron chi connectivity index (χ3n) is 5.11. The summed E-state index contributed by atoms with van der Waals surface area (Å²) in [6.45, 7) is 4.86. The van der Waals surface area contributed by atoms with Crippen molar-refractivity contribution in [3.63, 3.8) is 0 Å². The number of carbonyl (C=O) groups is 1. The number of rotatable bonds is 9. The highest BCUT2D eigenvalue weighted by molar-refractivity contribution is 7.92. The van der Waals surface area contributed by atoms with Gasteiger partial charge in [-0.15, -0.1) is 0 Å². The maximum absolute atomic E-state index is 13.6. The van der Waals surface area contributed by atoms with Crippen molar-refractivity contribution in [3.05, 3.63) is 88.0 Å². The van der Waals surface area contributed by atoms with E-state index in [1.54, 1.807) is 43.3 Å². The molecule has 0 spiro atoms. The molecular formula is C24H25N3O6S. The molecule has 0 aromatic heterocycles. The number of hydrogen-bond acceptors (Lipinski definition) is 6. The van der Waals surface area contributed by atoms with Crippen LogP contribution in [0.1, 0.15) is 18.1 Å². The van der Waals surface area contributed by atoms with Crippen LogP contribution in [-0.4, -0.2) is 32.4 Å². The minimum atomic E-state index is -4.15. The highest BCUT2D eigenvalue weighted by Crippen LogP contribution is 2.33. The normalized spacial score (nSPS) is 11.0. The van der Waals surface area contributed by atoms with Gasteiger partial charge in [-0.3, -0.25) is 19.2 Å². The van der Waals surface area contributed by atoms with E-state index in [1.807, 2.05) is 6.92 Å². The Hall–Kier alpha value is -3.92. The van der Waals surface area contributed by atoms with E-state index < -0.39 is 27.4 Å². The summed E-state index contributed by atoms with van der Waals surface area (Å²) < 4.78 is 33.8. The van der Waals surface area contributed by atoms with Crippen LogP contribution in [0.3, 0.4) is 0 Å². The summed E-state index contributed by atoms with van der Waals surface area (Å²) in [4.78, 5) is 23.7. The zero-order valence-electron chi connectivity index (χ0n) is 19.0. The number of aryl methyl sites for hydroxylation is 1. The van der Waals surface area contributed by atoms with Crippen LogP contribution in [0.4, 0.5) is 17.1 Å². The van der Waals surface area contributed by atoms with E-state index >= 15 is 0 Å². The van der Waals surface area contributed by atoms with E-state index in [0.29, 0.717) is 12.4 Å². The Morgan fingerprint density at radius 2 is 1.71 bits per heavy atom. The molecule has 178 valence electrons. The SMILES string of the molecule is CCOc1ccccc1N(CC(=O)Nc1cccc([N+](=O)[O-])c1C)S(=O)(=O)c1ccc(C)cc1. The zero-order chi connectivity index (χ0) is 24.9. The number of hydrogen-bond donors (Lipinski definition) is 1. The van der Waals surface area contributed by atoms with Crippen LogP contribution in [0.25, 0.3) is 0 Å². The van der Waals surface area contributed by atoms with Gasteiger partial charge in [0.25, 0.3) is 15.7 Å². The van der Waals surface area contributed by atoms with Gasteiger partial charge in [0.05, 0.1) is 33.4 Å². The van der Waals surface area contributed by atoms with Crippen molar-refractivity contribution in [1.29, 1.82) is 0 Å². The fourth-order valence-electron chi connectivity index (χ4n) is 3.35. The van der Waals surface area contributed by atoms with Crippen molar-refractivity contribution in [2.75, 3.05) is 22.8 Å². The fraction of sp³-hybridized carbons (Fsp3) is 0.208. The van der Waals surface area contributed by atoms with Crippen molar-refractivity contribution in [2.45, 2.75) is 25.7 Å². The second kappa shape index (κ2) is 10.3. The first-order valence-electron chi connectivity index (χ1n) is 10.5. The molecule has 34 heavy (non-hydrogen) atoms. The molecule has 3 aromatic rings. The molecule has 0 saturated heterocycles. The van der Waals surface area contributed by atoms with Crippen molar-refractivity contribution in [3.8, 4) is 5.75 Å². The summed E-state index contributed by atoms with van der Waals surface area (Å²) in [7, 11) is -4.15.